The smallest absolute Gasteiger partial charge is 0.256 e. The van der Waals surface area contributed by atoms with Gasteiger partial charge in [0.15, 0.2) is 0 Å². The topological polar surface area (TPSA) is 22.2 Å². The number of anilines is 12. The average Bonchev–Trinajstić information content (AvgIpc) is 0.701. The van der Waals surface area contributed by atoms with Crippen LogP contribution in [-0.2, 0) is 0 Å². The van der Waals surface area contributed by atoms with Crippen molar-refractivity contribution < 1.29 is 4.74 Å². The van der Waals surface area contributed by atoms with Gasteiger partial charge < -0.3 is 24.3 Å². The van der Waals surface area contributed by atoms with Gasteiger partial charge in [-0.25, -0.2) is 0 Å². The average molecular weight is 1160 g/mol. The number of hydrogen-bond donors (Lipinski definition) is 0. The van der Waals surface area contributed by atoms with Crippen molar-refractivity contribution in [2.24, 2.45) is 0 Å². The molecule has 4 aliphatic heterocycles. The maximum atomic E-state index is 7.77. The summed E-state index contributed by atoms with van der Waals surface area (Å²) in [6.07, 6.45) is 0. The highest BCUT2D eigenvalue weighted by Gasteiger charge is 2.48. The van der Waals surface area contributed by atoms with Gasteiger partial charge in [0.25, 0.3) is 13.4 Å². The summed E-state index contributed by atoms with van der Waals surface area (Å²) in [5, 5.41) is 0. The van der Waals surface area contributed by atoms with Crippen molar-refractivity contribution in [1.29, 1.82) is 0 Å². The van der Waals surface area contributed by atoms with E-state index in [-0.39, 0.29) is 13.4 Å². The van der Waals surface area contributed by atoms with Gasteiger partial charge in [-0.15, -0.1) is 0 Å². The molecule has 424 valence electrons. The highest BCUT2D eigenvalue weighted by atomic mass is 16.5. The van der Waals surface area contributed by atoms with E-state index in [2.05, 4.69) is 359 Å². The van der Waals surface area contributed by atoms with Crippen molar-refractivity contribution in [3.8, 4) is 56.0 Å². The van der Waals surface area contributed by atoms with Crippen molar-refractivity contribution in [3.63, 3.8) is 0 Å². The van der Waals surface area contributed by atoms with Gasteiger partial charge in [-0.2, -0.15) is 0 Å². The molecule has 0 radical (unpaired) electrons. The van der Waals surface area contributed by atoms with Gasteiger partial charge in [0.1, 0.15) is 11.5 Å². The quantitative estimate of drug-likeness (QED) is 0.127. The maximum Gasteiger partial charge on any atom is 0.256 e. The summed E-state index contributed by atoms with van der Waals surface area (Å²) >= 11 is 0. The Kier molecular flexibility index (Phi) is 12.4. The van der Waals surface area contributed by atoms with Crippen LogP contribution in [0.25, 0.3) is 44.5 Å². The number of ether oxygens (including phenoxy) is 1. The molecular weight excluding hydrogens is 1100 g/mol. The third-order valence-corrected chi connectivity index (χ3v) is 18.8. The number of para-hydroxylation sites is 7. The summed E-state index contributed by atoms with van der Waals surface area (Å²) in [5.41, 5.74) is 29.3. The molecular formula is C84H56B2N4O. The van der Waals surface area contributed by atoms with E-state index in [0.717, 1.165) is 135 Å². The lowest BCUT2D eigenvalue weighted by molar-refractivity contribution is 0.488. The third kappa shape index (κ3) is 8.50. The van der Waals surface area contributed by atoms with E-state index >= 15 is 0 Å². The third-order valence-electron chi connectivity index (χ3n) is 18.8. The van der Waals surface area contributed by atoms with E-state index in [1.807, 2.05) is 0 Å². The molecule has 14 aromatic rings. The van der Waals surface area contributed by atoms with Gasteiger partial charge in [0.2, 0.25) is 0 Å². The van der Waals surface area contributed by atoms with E-state index in [4.69, 9.17) is 4.74 Å². The second-order valence-corrected chi connectivity index (χ2v) is 23.9. The number of benzene rings is 14. The molecule has 0 N–H and O–H groups in total. The Balaban J connectivity index is 0.946. The van der Waals surface area contributed by atoms with Gasteiger partial charge in [-0.1, -0.05) is 255 Å². The van der Waals surface area contributed by atoms with E-state index in [9.17, 15) is 0 Å². The van der Waals surface area contributed by atoms with Crippen molar-refractivity contribution in [1.82, 2.24) is 0 Å². The summed E-state index contributed by atoms with van der Waals surface area (Å²) in [7, 11) is 0. The highest BCUT2D eigenvalue weighted by molar-refractivity contribution is 7.02. The van der Waals surface area contributed by atoms with Crippen LogP contribution in [0.2, 0.25) is 0 Å². The Morgan fingerprint density at radius 1 is 0.220 bits per heavy atom. The molecule has 4 heterocycles. The summed E-state index contributed by atoms with van der Waals surface area (Å²) < 4.78 is 7.77. The largest absolute Gasteiger partial charge is 0.458 e. The Bertz CT molecular complexity index is 5090. The van der Waals surface area contributed by atoms with Crippen LogP contribution in [-0.4, -0.2) is 13.4 Å². The fraction of sp³-hybridized carbons (Fsp3) is 0. The van der Waals surface area contributed by atoms with Crippen LogP contribution in [0, 0.1) is 0 Å². The predicted molar refractivity (Wildman–Crippen MR) is 383 cm³/mol. The molecule has 0 aromatic heterocycles. The van der Waals surface area contributed by atoms with Crippen LogP contribution in [0.15, 0.2) is 340 Å². The number of nitrogens with zero attached hydrogens (tertiary/aromatic N) is 4. The van der Waals surface area contributed by atoms with E-state index in [1.54, 1.807) is 0 Å². The molecule has 0 atom stereocenters. The van der Waals surface area contributed by atoms with Gasteiger partial charge in [-0.3, -0.25) is 0 Å². The van der Waals surface area contributed by atoms with Crippen LogP contribution >= 0.6 is 0 Å². The molecule has 14 aromatic carbocycles. The van der Waals surface area contributed by atoms with E-state index in [0.29, 0.717) is 0 Å². The second-order valence-electron chi connectivity index (χ2n) is 23.9. The summed E-state index contributed by atoms with van der Waals surface area (Å²) in [4.78, 5) is 10.1. The van der Waals surface area contributed by atoms with Gasteiger partial charge in [0, 0.05) is 68.3 Å². The lowest BCUT2D eigenvalue weighted by atomic mass is 9.30. The minimum Gasteiger partial charge on any atom is -0.458 e. The molecule has 0 unspecified atom stereocenters. The van der Waals surface area contributed by atoms with Gasteiger partial charge in [-0.05, 0) is 139 Å². The first-order chi connectivity index (χ1) is 45.2. The molecule has 0 saturated carbocycles. The zero-order chi connectivity index (χ0) is 59.9. The van der Waals surface area contributed by atoms with Crippen LogP contribution in [0.4, 0.5) is 68.2 Å². The minimum absolute atomic E-state index is 0.188. The van der Waals surface area contributed by atoms with Crippen molar-refractivity contribution in [3.05, 3.63) is 340 Å². The molecule has 5 nitrogen and oxygen atoms in total. The Morgan fingerprint density at radius 2 is 0.582 bits per heavy atom. The molecule has 0 spiro atoms. The van der Waals surface area contributed by atoms with E-state index in [1.165, 1.54) is 21.9 Å². The van der Waals surface area contributed by atoms with Crippen molar-refractivity contribution in [2.45, 2.75) is 0 Å². The molecule has 0 amide bonds. The molecule has 4 aliphatic rings. The lowest BCUT2D eigenvalue weighted by Crippen LogP contribution is -2.64. The molecule has 0 aliphatic carbocycles. The molecule has 91 heavy (non-hydrogen) atoms. The standard InChI is InChI=1S/C84H56B2N4O/c1-7-29-57(30-8-1)61-51-78-84-82(52-61)91-81-56-77-70(55-71(81)86(84)69-45-23-28-50-76(69)88(78)72-46-24-19-41-65(72)58-31-9-2-10-32-58)85-68-44-22-27-49-75(68)89(73-47-25-20-42-66(73)59-33-11-3-12-34-59)79-53-64(87(62-37-15-5-16-38-62)63-39-17-6-18-40-63)54-80(83(79)85)90(77)74-48-26-21-43-67(74)60-35-13-4-14-36-60/h1-56H. The Hall–Kier alpha value is -11.8. The fourth-order valence-electron chi connectivity index (χ4n) is 15.0. The molecule has 0 saturated heterocycles. The SMILES string of the molecule is c1ccc(-c2cc3c4c(c2)N(c2ccccc2-c2ccccc2)c2ccccc2B4c2cc4c(cc2O3)N(c2ccccc2-c2ccccc2)c2cc(N(c3ccccc3)c3ccccc3)cc3c2B4c2ccccc2N3c2ccccc2-c2ccccc2)cc1. The van der Waals surface area contributed by atoms with Gasteiger partial charge >= 0.3 is 0 Å². The Morgan fingerprint density at radius 3 is 1.04 bits per heavy atom. The minimum atomic E-state index is -0.216. The first-order valence-corrected chi connectivity index (χ1v) is 31.4. The maximum absolute atomic E-state index is 7.77. The first kappa shape index (κ1) is 52.3. The summed E-state index contributed by atoms with van der Waals surface area (Å²) in [6.45, 7) is -0.404. The van der Waals surface area contributed by atoms with Crippen molar-refractivity contribution in [2.75, 3.05) is 19.6 Å². The first-order valence-electron chi connectivity index (χ1n) is 31.4. The monoisotopic (exact) mass is 1160 g/mol. The normalized spacial score (nSPS) is 12.8. The van der Waals surface area contributed by atoms with Crippen LogP contribution in [0.3, 0.4) is 0 Å². The molecule has 18 rings (SSSR count). The van der Waals surface area contributed by atoms with E-state index < -0.39 is 0 Å². The zero-order valence-corrected chi connectivity index (χ0v) is 49.7. The fourth-order valence-corrected chi connectivity index (χ4v) is 15.0. The number of fused-ring (bicyclic) bond motifs is 8. The predicted octanol–water partition coefficient (Wildman–Crippen LogP) is 18.3. The molecule has 0 fully saturated rings. The lowest BCUT2D eigenvalue weighted by Gasteiger charge is -2.46. The van der Waals surface area contributed by atoms with Crippen LogP contribution in [0.1, 0.15) is 0 Å². The molecule has 0 bridgehead atoms. The van der Waals surface area contributed by atoms with Crippen molar-refractivity contribution >= 4 is 114 Å². The number of hydrogen-bond acceptors (Lipinski definition) is 5. The second kappa shape index (κ2) is 21.5. The Labute approximate surface area is 531 Å². The summed E-state index contributed by atoms with van der Waals surface area (Å²) in [6, 6.07) is 124. The molecule has 7 heteroatoms. The zero-order valence-electron chi connectivity index (χ0n) is 49.7. The van der Waals surface area contributed by atoms with Crippen LogP contribution in [0.5, 0.6) is 11.5 Å². The highest BCUT2D eigenvalue weighted by Crippen LogP contribution is 2.53. The van der Waals surface area contributed by atoms with Gasteiger partial charge in [0.05, 0.1) is 22.7 Å². The summed E-state index contributed by atoms with van der Waals surface area (Å²) in [5.74, 6) is 1.68. The number of rotatable bonds is 10. The van der Waals surface area contributed by atoms with Crippen LogP contribution < -0.4 is 57.1 Å².